The van der Waals surface area contributed by atoms with Crippen LogP contribution in [0, 0.1) is 0 Å². The van der Waals surface area contributed by atoms with E-state index < -0.39 is 21.8 Å². The summed E-state index contributed by atoms with van der Waals surface area (Å²) in [7, 11) is -2.56. The number of rotatable bonds is 5. The number of carbonyl (C=O) groups excluding carboxylic acids is 1. The van der Waals surface area contributed by atoms with Crippen molar-refractivity contribution in [3.05, 3.63) is 23.2 Å². The molecule has 1 rings (SSSR count). The van der Waals surface area contributed by atoms with Gasteiger partial charge in [0.05, 0.1) is 13.7 Å². The number of ether oxygens (including phenoxy) is 1. The molecule has 0 aliphatic heterocycles. The van der Waals surface area contributed by atoms with Crippen molar-refractivity contribution in [1.29, 1.82) is 0 Å². The molecule has 17 heavy (non-hydrogen) atoms. The molecule has 1 aromatic rings. The first-order valence-electron chi connectivity index (χ1n) is 4.38. The maximum absolute atomic E-state index is 11.8. The molecular weight excluding hydrogens is 289 g/mol. The second kappa shape index (κ2) is 5.68. The second-order valence-corrected chi connectivity index (χ2v) is 5.57. The lowest BCUT2D eigenvalue weighted by Crippen LogP contribution is -2.28. The minimum atomic E-state index is -3.89. The van der Waals surface area contributed by atoms with Gasteiger partial charge in [-0.3, -0.25) is 4.79 Å². The molecule has 5 nitrogen and oxygen atoms in total. The molecule has 0 aliphatic rings. The highest BCUT2D eigenvalue weighted by molar-refractivity contribution is 7.89. The molecule has 0 aliphatic carbocycles. The Kier molecular flexibility index (Phi) is 4.76. The summed E-state index contributed by atoms with van der Waals surface area (Å²) in [6.45, 7) is -0.500. The van der Waals surface area contributed by atoms with Gasteiger partial charge in [0.1, 0.15) is 10.6 Å². The molecule has 0 saturated heterocycles. The van der Waals surface area contributed by atoms with Crippen LogP contribution in [0.4, 0.5) is 0 Å². The Bertz CT molecular complexity index is 530. The largest absolute Gasteiger partial charge is 0.495 e. The minimum absolute atomic E-state index is 0.129. The van der Waals surface area contributed by atoms with E-state index in [0.717, 1.165) is 0 Å². The second-order valence-electron chi connectivity index (χ2n) is 2.97. The van der Waals surface area contributed by atoms with Gasteiger partial charge in [-0.2, -0.15) is 0 Å². The molecule has 1 aromatic carbocycles. The van der Waals surface area contributed by atoms with Crippen LogP contribution in [-0.2, 0) is 14.8 Å². The van der Waals surface area contributed by atoms with Crippen LogP contribution in [0.25, 0.3) is 0 Å². The van der Waals surface area contributed by atoms with Crippen LogP contribution in [0.5, 0.6) is 5.75 Å². The van der Waals surface area contributed by atoms with Gasteiger partial charge in [0.25, 0.3) is 0 Å². The van der Waals surface area contributed by atoms with Crippen molar-refractivity contribution < 1.29 is 17.9 Å². The van der Waals surface area contributed by atoms with Crippen molar-refractivity contribution in [2.75, 3.05) is 13.7 Å². The Morgan fingerprint density at radius 1 is 1.47 bits per heavy atom. The molecule has 0 atom stereocenters. The van der Waals surface area contributed by atoms with Gasteiger partial charge in [0.15, 0.2) is 0 Å². The first-order valence-corrected chi connectivity index (χ1v) is 6.62. The highest BCUT2D eigenvalue weighted by Gasteiger charge is 2.20. The van der Waals surface area contributed by atoms with Crippen LogP contribution in [0.3, 0.4) is 0 Å². The fraction of sp³-hybridized carbons (Fsp3) is 0.222. The molecule has 0 bridgehead atoms. The topological polar surface area (TPSA) is 72.5 Å². The fourth-order valence-electron chi connectivity index (χ4n) is 1.09. The zero-order valence-electron chi connectivity index (χ0n) is 8.74. The summed E-state index contributed by atoms with van der Waals surface area (Å²) in [5.74, 6) is 0.129. The quantitative estimate of drug-likeness (QED) is 0.834. The predicted molar refractivity (Wildman–Crippen MR) is 64.1 cm³/mol. The third kappa shape index (κ3) is 3.85. The summed E-state index contributed by atoms with van der Waals surface area (Å²) in [6, 6.07) is 4.13. The number of hydrogen-bond acceptors (Lipinski definition) is 4. The summed E-state index contributed by atoms with van der Waals surface area (Å²) < 4.78 is 30.5. The van der Waals surface area contributed by atoms with Crippen LogP contribution >= 0.6 is 23.2 Å². The standard InChI is InChI=1S/C9H9Cl2NO4S/c1-16-7-3-2-6(10)4-8(7)17(14,15)12-5-9(11)13/h2-4,12H,5H2,1H3. The summed E-state index contributed by atoms with van der Waals surface area (Å²) in [6.07, 6.45) is 0. The number of hydrogen-bond donors (Lipinski definition) is 1. The van der Waals surface area contributed by atoms with Gasteiger partial charge >= 0.3 is 0 Å². The number of carbonyl (C=O) groups is 1. The van der Waals surface area contributed by atoms with Gasteiger partial charge in [0, 0.05) is 5.02 Å². The maximum atomic E-state index is 11.8. The van der Waals surface area contributed by atoms with Crippen LogP contribution in [0.1, 0.15) is 0 Å². The van der Waals surface area contributed by atoms with Gasteiger partial charge in [-0.25, -0.2) is 13.1 Å². The predicted octanol–water partition coefficient (Wildman–Crippen LogP) is 1.39. The van der Waals surface area contributed by atoms with Gasteiger partial charge in [-0.05, 0) is 29.8 Å². The summed E-state index contributed by atoms with van der Waals surface area (Å²) >= 11 is 10.8. The molecular formula is C9H9Cl2NO4S. The van der Waals surface area contributed by atoms with Gasteiger partial charge in [-0.15, -0.1) is 0 Å². The average Bonchev–Trinajstić information content (AvgIpc) is 2.26. The van der Waals surface area contributed by atoms with Crippen molar-refractivity contribution in [2.45, 2.75) is 4.90 Å². The van der Waals surface area contributed by atoms with E-state index in [1.165, 1.54) is 25.3 Å². The first-order chi connectivity index (χ1) is 7.86. The molecule has 0 unspecified atom stereocenters. The van der Waals surface area contributed by atoms with Crippen LogP contribution in [0.2, 0.25) is 5.02 Å². The van der Waals surface area contributed by atoms with Crippen LogP contribution in [0.15, 0.2) is 23.1 Å². The lowest BCUT2D eigenvalue weighted by Gasteiger charge is -2.09. The lowest BCUT2D eigenvalue weighted by molar-refractivity contribution is -0.110. The fourth-order valence-corrected chi connectivity index (χ4v) is 2.65. The third-order valence-electron chi connectivity index (χ3n) is 1.82. The van der Waals surface area contributed by atoms with Crippen molar-refractivity contribution >= 4 is 38.5 Å². The van der Waals surface area contributed by atoms with Crippen molar-refractivity contribution in [3.63, 3.8) is 0 Å². The van der Waals surface area contributed by atoms with E-state index in [4.69, 9.17) is 27.9 Å². The number of nitrogens with one attached hydrogen (secondary N) is 1. The SMILES string of the molecule is COc1ccc(Cl)cc1S(=O)(=O)NCC(=O)Cl. The first kappa shape index (κ1) is 14.2. The van der Waals surface area contributed by atoms with E-state index >= 15 is 0 Å². The molecule has 0 fully saturated rings. The highest BCUT2D eigenvalue weighted by atomic mass is 35.5. The number of sulfonamides is 1. The monoisotopic (exact) mass is 297 g/mol. The average molecular weight is 298 g/mol. The summed E-state index contributed by atoms with van der Waals surface area (Å²) in [5, 5.41) is -0.571. The molecule has 1 N–H and O–H groups in total. The normalized spacial score (nSPS) is 11.2. The van der Waals surface area contributed by atoms with Crippen molar-refractivity contribution in [1.82, 2.24) is 4.72 Å². The zero-order valence-corrected chi connectivity index (χ0v) is 11.1. The smallest absolute Gasteiger partial charge is 0.244 e. The van der Waals surface area contributed by atoms with Crippen molar-refractivity contribution in [2.24, 2.45) is 0 Å². The molecule has 0 aromatic heterocycles. The Morgan fingerprint density at radius 3 is 2.65 bits per heavy atom. The Hall–Kier alpha value is -0.820. The molecule has 8 heteroatoms. The van der Waals surface area contributed by atoms with E-state index in [1.54, 1.807) is 0 Å². The minimum Gasteiger partial charge on any atom is -0.495 e. The van der Waals surface area contributed by atoms with Crippen LogP contribution in [-0.4, -0.2) is 27.3 Å². The van der Waals surface area contributed by atoms with E-state index in [9.17, 15) is 13.2 Å². The lowest BCUT2D eigenvalue weighted by atomic mass is 10.3. The van der Waals surface area contributed by atoms with E-state index in [0.29, 0.717) is 0 Å². The van der Waals surface area contributed by atoms with Crippen LogP contribution < -0.4 is 9.46 Å². The van der Waals surface area contributed by atoms with Gasteiger partial charge in [-0.1, -0.05) is 11.6 Å². The third-order valence-corrected chi connectivity index (χ3v) is 3.61. The number of benzene rings is 1. The van der Waals surface area contributed by atoms with E-state index in [-0.39, 0.29) is 15.7 Å². The number of methoxy groups -OCH3 is 1. The number of halogens is 2. The Balaban J connectivity index is 3.13. The highest BCUT2D eigenvalue weighted by Crippen LogP contribution is 2.26. The van der Waals surface area contributed by atoms with E-state index in [2.05, 4.69) is 0 Å². The Labute approximate surface area is 109 Å². The zero-order chi connectivity index (χ0) is 13.1. The molecule has 94 valence electrons. The van der Waals surface area contributed by atoms with Crippen molar-refractivity contribution in [3.8, 4) is 5.75 Å². The van der Waals surface area contributed by atoms with E-state index in [1.807, 2.05) is 4.72 Å². The summed E-state index contributed by atoms with van der Waals surface area (Å²) in [4.78, 5) is 10.4. The van der Waals surface area contributed by atoms with Gasteiger partial charge in [0.2, 0.25) is 15.3 Å². The molecule has 0 heterocycles. The maximum Gasteiger partial charge on any atom is 0.244 e. The summed E-state index contributed by atoms with van der Waals surface area (Å²) in [5.41, 5.74) is 0. The molecule has 0 radical (unpaired) electrons. The molecule has 0 amide bonds. The molecule has 0 saturated carbocycles. The molecule has 0 spiro atoms. The van der Waals surface area contributed by atoms with Gasteiger partial charge < -0.3 is 4.74 Å². The Morgan fingerprint density at radius 2 is 2.12 bits per heavy atom.